The molecule has 1 aliphatic heterocycles. The van der Waals surface area contributed by atoms with Crippen LogP contribution in [0.4, 0.5) is 0 Å². The van der Waals surface area contributed by atoms with Crippen LogP contribution >= 0.6 is 0 Å². The van der Waals surface area contributed by atoms with Crippen LogP contribution in [0.25, 0.3) is 0 Å². The fourth-order valence-corrected chi connectivity index (χ4v) is 1.49. The summed E-state index contributed by atoms with van der Waals surface area (Å²) in [4.78, 5) is 0. The van der Waals surface area contributed by atoms with Crippen LogP contribution in [0.1, 0.15) is 20.3 Å². The van der Waals surface area contributed by atoms with Crippen molar-refractivity contribution in [3.63, 3.8) is 0 Å². The van der Waals surface area contributed by atoms with E-state index in [1.807, 2.05) is 13.8 Å². The Kier molecular flexibility index (Phi) is 2.53. The van der Waals surface area contributed by atoms with Crippen LogP contribution in [0.5, 0.6) is 0 Å². The zero-order valence-electron chi connectivity index (χ0n) is 6.95. The molecule has 0 aromatic heterocycles. The number of hydrogen-bond acceptors (Lipinski definition) is 2. The van der Waals surface area contributed by atoms with Crippen LogP contribution in [0.3, 0.4) is 0 Å². The maximum Gasteiger partial charge on any atom is 0.144 e. The topological polar surface area (TPSA) is 29.5 Å². The van der Waals surface area contributed by atoms with Crippen LogP contribution in [-0.4, -0.2) is 23.4 Å². The molecule has 1 rings (SSSR count). The van der Waals surface area contributed by atoms with Crippen molar-refractivity contribution in [2.45, 2.75) is 38.6 Å². The normalized spacial score (nSPS) is 43.8. The molecule has 1 saturated heterocycles. The summed E-state index contributed by atoms with van der Waals surface area (Å²) >= 11 is 0. The van der Waals surface area contributed by atoms with Gasteiger partial charge in [-0.05, 0) is 6.42 Å². The summed E-state index contributed by atoms with van der Waals surface area (Å²) in [6.07, 6.45) is 5.34. The molecule has 0 aromatic carbocycles. The van der Waals surface area contributed by atoms with Crippen LogP contribution < -0.4 is 0 Å². The minimum Gasteiger partial charge on any atom is -0.389 e. The van der Waals surface area contributed by atoms with Crippen molar-refractivity contribution in [1.29, 1.82) is 0 Å². The molecule has 4 atom stereocenters. The molecule has 2 heteroatoms. The summed E-state index contributed by atoms with van der Waals surface area (Å²) in [5, 5.41) is 9.49. The van der Waals surface area contributed by atoms with E-state index >= 15 is 0 Å². The molecule has 0 aromatic rings. The van der Waals surface area contributed by atoms with Gasteiger partial charge in [0, 0.05) is 5.92 Å². The van der Waals surface area contributed by atoms with Gasteiger partial charge in [-0.1, -0.05) is 19.8 Å². The lowest BCUT2D eigenvalue weighted by molar-refractivity contribution is 0.0439. The Balaban J connectivity index is 2.62. The second-order valence-corrected chi connectivity index (χ2v) is 3.02. The molecule has 1 fully saturated rings. The van der Waals surface area contributed by atoms with Crippen molar-refractivity contribution in [3.05, 3.63) is 0 Å². The van der Waals surface area contributed by atoms with Gasteiger partial charge in [0.2, 0.25) is 0 Å². The van der Waals surface area contributed by atoms with Crippen molar-refractivity contribution >= 4 is 0 Å². The molecule has 0 bridgehead atoms. The molecule has 2 nitrogen and oxygen atoms in total. The predicted octanol–water partition coefficient (Wildman–Crippen LogP) is 0.794. The third-order valence-electron chi connectivity index (χ3n) is 2.32. The van der Waals surface area contributed by atoms with Gasteiger partial charge in [0.1, 0.15) is 6.10 Å². The van der Waals surface area contributed by atoms with Crippen molar-refractivity contribution in [1.82, 2.24) is 0 Å². The molecule has 62 valence electrons. The van der Waals surface area contributed by atoms with Gasteiger partial charge >= 0.3 is 0 Å². The van der Waals surface area contributed by atoms with E-state index in [2.05, 4.69) is 5.92 Å². The van der Waals surface area contributed by atoms with Crippen LogP contribution in [0.15, 0.2) is 0 Å². The Bertz CT molecular complexity index is 171. The van der Waals surface area contributed by atoms with E-state index in [1.165, 1.54) is 0 Å². The summed E-state index contributed by atoms with van der Waals surface area (Å²) in [6, 6.07) is 0. The summed E-state index contributed by atoms with van der Waals surface area (Å²) in [7, 11) is 0. The molecular formula is C9H14O2. The lowest BCUT2D eigenvalue weighted by atomic mass is 9.97. The van der Waals surface area contributed by atoms with Crippen molar-refractivity contribution in [2.75, 3.05) is 0 Å². The Morgan fingerprint density at radius 2 is 2.27 bits per heavy atom. The number of aliphatic hydroxyl groups is 1. The van der Waals surface area contributed by atoms with Gasteiger partial charge in [-0.25, -0.2) is 0 Å². The van der Waals surface area contributed by atoms with Crippen LogP contribution in [0.2, 0.25) is 0 Å². The minimum atomic E-state index is -0.482. The number of rotatable bonds is 1. The van der Waals surface area contributed by atoms with E-state index in [1.54, 1.807) is 0 Å². The van der Waals surface area contributed by atoms with E-state index in [0.29, 0.717) is 0 Å². The third kappa shape index (κ3) is 1.40. The zero-order chi connectivity index (χ0) is 8.43. The largest absolute Gasteiger partial charge is 0.389 e. The van der Waals surface area contributed by atoms with Gasteiger partial charge in [-0.15, -0.1) is 6.42 Å². The maximum atomic E-state index is 9.49. The standard InChI is InChI=1S/C9H14O2/c1-4-7-6(3)9(10)8(5-2)11-7/h2,6-10H,4H2,1,3H3/t6-,7-,8+,9-/m1/s1. The molecule has 0 saturated carbocycles. The van der Waals surface area contributed by atoms with Crippen molar-refractivity contribution in [3.8, 4) is 12.3 Å². The first-order chi connectivity index (χ1) is 5.20. The minimum absolute atomic E-state index is 0.131. The predicted molar refractivity (Wildman–Crippen MR) is 43.0 cm³/mol. The lowest BCUT2D eigenvalue weighted by Crippen LogP contribution is -2.24. The fourth-order valence-electron chi connectivity index (χ4n) is 1.49. The number of aliphatic hydroxyl groups excluding tert-OH is 1. The Morgan fingerprint density at radius 3 is 2.55 bits per heavy atom. The van der Waals surface area contributed by atoms with E-state index < -0.39 is 12.2 Å². The van der Waals surface area contributed by atoms with Crippen LogP contribution in [0, 0.1) is 18.3 Å². The molecule has 0 radical (unpaired) electrons. The first kappa shape index (κ1) is 8.58. The van der Waals surface area contributed by atoms with Gasteiger partial charge in [0.05, 0.1) is 12.2 Å². The first-order valence-corrected chi connectivity index (χ1v) is 4.00. The average molecular weight is 154 g/mol. The molecule has 11 heavy (non-hydrogen) atoms. The second-order valence-electron chi connectivity index (χ2n) is 3.02. The van der Waals surface area contributed by atoms with Gasteiger partial charge in [-0.3, -0.25) is 0 Å². The van der Waals surface area contributed by atoms with Gasteiger partial charge < -0.3 is 9.84 Å². The molecule has 0 unspecified atom stereocenters. The summed E-state index contributed by atoms with van der Waals surface area (Å²) in [5.74, 6) is 2.60. The van der Waals surface area contributed by atoms with Crippen LogP contribution in [-0.2, 0) is 4.74 Å². The molecule has 1 heterocycles. The molecule has 0 spiro atoms. The Morgan fingerprint density at radius 1 is 1.64 bits per heavy atom. The monoisotopic (exact) mass is 154 g/mol. The number of terminal acetylenes is 1. The van der Waals surface area contributed by atoms with Gasteiger partial charge in [0.25, 0.3) is 0 Å². The van der Waals surface area contributed by atoms with Crippen molar-refractivity contribution in [2.24, 2.45) is 5.92 Å². The SMILES string of the molecule is C#C[C@@H]1O[C@H](CC)[C@@H](C)[C@H]1O. The van der Waals surface area contributed by atoms with Gasteiger partial charge in [-0.2, -0.15) is 0 Å². The second kappa shape index (κ2) is 3.25. The Hall–Kier alpha value is -0.520. The van der Waals surface area contributed by atoms with Gasteiger partial charge in [0.15, 0.2) is 0 Å². The fraction of sp³-hybridized carbons (Fsp3) is 0.778. The zero-order valence-corrected chi connectivity index (χ0v) is 6.95. The lowest BCUT2D eigenvalue weighted by Gasteiger charge is -2.11. The number of ether oxygens (including phenoxy) is 1. The van der Waals surface area contributed by atoms with E-state index in [9.17, 15) is 5.11 Å². The maximum absolute atomic E-state index is 9.49. The molecule has 0 amide bonds. The van der Waals surface area contributed by atoms with E-state index in [4.69, 9.17) is 11.2 Å². The molecule has 1 N–H and O–H groups in total. The highest BCUT2D eigenvalue weighted by Gasteiger charge is 2.38. The molecule has 0 aliphatic carbocycles. The van der Waals surface area contributed by atoms with E-state index in [-0.39, 0.29) is 12.0 Å². The first-order valence-electron chi connectivity index (χ1n) is 4.00. The summed E-state index contributed by atoms with van der Waals surface area (Å²) in [5.41, 5.74) is 0. The average Bonchev–Trinajstić information content (AvgIpc) is 2.30. The summed E-state index contributed by atoms with van der Waals surface area (Å²) < 4.78 is 5.40. The highest BCUT2D eigenvalue weighted by Crippen LogP contribution is 2.27. The Labute approximate surface area is 67.6 Å². The highest BCUT2D eigenvalue weighted by molar-refractivity contribution is 5.04. The molecule has 1 aliphatic rings. The van der Waals surface area contributed by atoms with Crippen molar-refractivity contribution < 1.29 is 9.84 Å². The smallest absolute Gasteiger partial charge is 0.144 e. The summed E-state index contributed by atoms with van der Waals surface area (Å²) in [6.45, 7) is 4.00. The van der Waals surface area contributed by atoms with E-state index in [0.717, 1.165) is 6.42 Å². The quantitative estimate of drug-likeness (QED) is 0.566. The molecular weight excluding hydrogens is 140 g/mol. The number of hydrogen-bond donors (Lipinski definition) is 1. The third-order valence-corrected chi connectivity index (χ3v) is 2.32. The highest BCUT2D eigenvalue weighted by atomic mass is 16.5.